The number of hydrogen-bond donors (Lipinski definition) is 2. The van der Waals surface area contributed by atoms with Crippen LogP contribution in [0.3, 0.4) is 0 Å². The number of aryl methyl sites for hydroxylation is 1. The topological polar surface area (TPSA) is 49.3 Å². The highest BCUT2D eigenvalue weighted by Crippen LogP contribution is 2.30. The molecule has 1 amide bonds. The third-order valence-corrected chi connectivity index (χ3v) is 4.93. The second-order valence-corrected chi connectivity index (χ2v) is 7.91. The van der Waals surface area contributed by atoms with E-state index in [2.05, 4.69) is 19.2 Å². The lowest BCUT2D eigenvalue weighted by molar-refractivity contribution is -0.124. The van der Waals surface area contributed by atoms with E-state index in [9.17, 15) is 9.90 Å². The fraction of sp³-hybridized carbons (Fsp3) is 0.350. The summed E-state index contributed by atoms with van der Waals surface area (Å²) in [5, 5.41) is 13.7. The van der Waals surface area contributed by atoms with Crippen LogP contribution in [0.2, 0.25) is 0 Å². The first-order valence-electron chi connectivity index (χ1n) is 8.19. The molecule has 0 aliphatic carbocycles. The number of thioether (sulfide) groups is 1. The molecule has 24 heavy (non-hydrogen) atoms. The smallest absolute Gasteiger partial charge is 0.253 e. The quantitative estimate of drug-likeness (QED) is 0.754. The number of carbonyl (C=O) groups is 1. The van der Waals surface area contributed by atoms with Gasteiger partial charge >= 0.3 is 0 Å². The van der Waals surface area contributed by atoms with E-state index in [4.69, 9.17) is 0 Å². The van der Waals surface area contributed by atoms with Crippen LogP contribution in [0, 0.1) is 6.92 Å². The van der Waals surface area contributed by atoms with Crippen LogP contribution >= 0.6 is 11.8 Å². The number of aliphatic hydroxyl groups is 1. The molecule has 4 heteroatoms. The second kappa shape index (κ2) is 8.36. The van der Waals surface area contributed by atoms with E-state index < -0.39 is 6.10 Å². The number of anilines is 1. The fourth-order valence-corrected chi connectivity index (χ4v) is 3.32. The Morgan fingerprint density at radius 1 is 1.04 bits per heavy atom. The van der Waals surface area contributed by atoms with Crippen molar-refractivity contribution in [1.82, 2.24) is 0 Å². The predicted molar refractivity (Wildman–Crippen MR) is 102 cm³/mol. The average Bonchev–Trinajstić information content (AvgIpc) is 2.55. The van der Waals surface area contributed by atoms with Crippen molar-refractivity contribution in [3.8, 4) is 0 Å². The minimum atomic E-state index is -1.09. The molecule has 0 radical (unpaired) electrons. The molecule has 0 aliphatic heterocycles. The molecule has 2 rings (SSSR count). The zero-order valence-electron chi connectivity index (χ0n) is 14.6. The van der Waals surface area contributed by atoms with Crippen LogP contribution in [0.4, 0.5) is 5.69 Å². The lowest BCUT2D eigenvalue weighted by atomic mass is 9.94. The zero-order chi connectivity index (χ0) is 17.7. The first-order chi connectivity index (χ1) is 11.4. The molecule has 0 aliphatic rings. The van der Waals surface area contributed by atoms with Gasteiger partial charge in [-0.3, -0.25) is 4.79 Å². The lowest BCUT2D eigenvalue weighted by Crippen LogP contribution is -2.32. The molecule has 0 fully saturated rings. The standard InChI is InChI=1S/C20H25NO2S/c1-13(2)24-18-8-6-5-7-17(18)21-20(23)19(22)15(4)16-11-9-14(3)10-12-16/h5-13,15,19,22H,1-4H3,(H,21,23). The lowest BCUT2D eigenvalue weighted by Gasteiger charge is -2.20. The molecule has 0 heterocycles. The highest BCUT2D eigenvalue weighted by Gasteiger charge is 2.24. The van der Waals surface area contributed by atoms with Crippen molar-refractivity contribution in [2.24, 2.45) is 0 Å². The summed E-state index contributed by atoms with van der Waals surface area (Å²) in [5.74, 6) is -0.643. The van der Waals surface area contributed by atoms with Gasteiger partial charge in [-0.25, -0.2) is 0 Å². The maximum Gasteiger partial charge on any atom is 0.253 e. The Hall–Kier alpha value is -1.78. The molecule has 3 nitrogen and oxygen atoms in total. The van der Waals surface area contributed by atoms with Crippen molar-refractivity contribution in [1.29, 1.82) is 0 Å². The van der Waals surface area contributed by atoms with Crippen LogP contribution in [-0.4, -0.2) is 22.4 Å². The Kier molecular flexibility index (Phi) is 6.46. The SMILES string of the molecule is Cc1ccc(C(C)C(O)C(=O)Nc2ccccc2SC(C)C)cc1. The Morgan fingerprint density at radius 3 is 2.29 bits per heavy atom. The van der Waals surface area contributed by atoms with Crippen LogP contribution in [0.1, 0.15) is 37.8 Å². The Bertz CT molecular complexity index is 682. The number of rotatable bonds is 6. The van der Waals surface area contributed by atoms with E-state index in [1.165, 1.54) is 0 Å². The van der Waals surface area contributed by atoms with Crippen LogP contribution in [0.15, 0.2) is 53.4 Å². The van der Waals surface area contributed by atoms with E-state index >= 15 is 0 Å². The van der Waals surface area contributed by atoms with E-state index in [1.807, 2.05) is 62.4 Å². The fourth-order valence-electron chi connectivity index (χ4n) is 2.41. The monoisotopic (exact) mass is 343 g/mol. The largest absolute Gasteiger partial charge is 0.383 e. The second-order valence-electron chi connectivity index (χ2n) is 6.30. The first kappa shape index (κ1) is 18.6. The van der Waals surface area contributed by atoms with Gasteiger partial charge in [-0.1, -0.05) is 62.7 Å². The molecule has 0 spiro atoms. The van der Waals surface area contributed by atoms with Crippen molar-refractivity contribution in [3.63, 3.8) is 0 Å². The Morgan fingerprint density at radius 2 is 1.67 bits per heavy atom. The Balaban J connectivity index is 2.10. The molecular formula is C20H25NO2S. The van der Waals surface area contributed by atoms with Crippen molar-refractivity contribution < 1.29 is 9.90 Å². The number of hydrogen-bond acceptors (Lipinski definition) is 3. The van der Waals surface area contributed by atoms with E-state index in [-0.39, 0.29) is 11.8 Å². The summed E-state index contributed by atoms with van der Waals surface area (Å²) in [4.78, 5) is 13.5. The normalized spacial score (nSPS) is 13.6. The summed E-state index contributed by atoms with van der Waals surface area (Å²) >= 11 is 1.69. The number of amides is 1. The summed E-state index contributed by atoms with van der Waals surface area (Å²) in [6.07, 6.45) is -1.09. The van der Waals surface area contributed by atoms with Gasteiger partial charge in [-0.2, -0.15) is 0 Å². The molecule has 2 atom stereocenters. The molecular weight excluding hydrogens is 318 g/mol. The number of nitrogens with one attached hydrogen (secondary N) is 1. The Labute approximate surface area is 148 Å². The van der Waals surface area contributed by atoms with Crippen molar-refractivity contribution in [2.75, 3.05) is 5.32 Å². The van der Waals surface area contributed by atoms with Crippen molar-refractivity contribution in [2.45, 2.75) is 49.9 Å². The van der Waals surface area contributed by atoms with Gasteiger partial charge in [0.05, 0.1) is 5.69 Å². The van der Waals surface area contributed by atoms with Gasteiger partial charge in [-0.15, -0.1) is 11.8 Å². The van der Waals surface area contributed by atoms with Gasteiger partial charge in [0, 0.05) is 16.1 Å². The average molecular weight is 343 g/mol. The minimum absolute atomic E-state index is 0.268. The zero-order valence-corrected chi connectivity index (χ0v) is 15.4. The van der Waals surface area contributed by atoms with E-state index in [1.54, 1.807) is 11.8 Å². The molecule has 0 saturated carbocycles. The molecule has 2 unspecified atom stereocenters. The van der Waals surface area contributed by atoms with Gasteiger partial charge in [-0.05, 0) is 24.6 Å². The highest BCUT2D eigenvalue weighted by molar-refractivity contribution is 8.00. The number of aliphatic hydroxyl groups excluding tert-OH is 1. The maximum absolute atomic E-state index is 12.5. The van der Waals surface area contributed by atoms with Crippen LogP contribution in [0.25, 0.3) is 0 Å². The van der Waals surface area contributed by atoms with Gasteiger partial charge in [0.1, 0.15) is 6.10 Å². The molecule has 0 aromatic heterocycles. The third kappa shape index (κ3) is 4.86. The molecule has 2 aromatic rings. The van der Waals surface area contributed by atoms with Gasteiger partial charge in [0.15, 0.2) is 0 Å². The van der Waals surface area contributed by atoms with Crippen LogP contribution in [-0.2, 0) is 4.79 Å². The number of benzene rings is 2. The number of carbonyl (C=O) groups excluding carboxylic acids is 1. The summed E-state index contributed by atoms with van der Waals surface area (Å²) < 4.78 is 0. The molecule has 0 bridgehead atoms. The number of para-hydroxylation sites is 1. The summed E-state index contributed by atoms with van der Waals surface area (Å²) in [6, 6.07) is 15.6. The summed E-state index contributed by atoms with van der Waals surface area (Å²) in [5.41, 5.74) is 2.86. The maximum atomic E-state index is 12.5. The van der Waals surface area contributed by atoms with Crippen molar-refractivity contribution in [3.05, 3.63) is 59.7 Å². The molecule has 0 saturated heterocycles. The molecule has 2 aromatic carbocycles. The summed E-state index contributed by atoms with van der Waals surface area (Å²) in [6.45, 7) is 8.10. The summed E-state index contributed by atoms with van der Waals surface area (Å²) in [7, 11) is 0. The van der Waals surface area contributed by atoms with E-state index in [0.29, 0.717) is 5.25 Å². The van der Waals surface area contributed by atoms with Gasteiger partial charge in [0.2, 0.25) is 0 Å². The highest BCUT2D eigenvalue weighted by atomic mass is 32.2. The molecule has 128 valence electrons. The third-order valence-electron chi connectivity index (χ3n) is 3.85. The molecule has 2 N–H and O–H groups in total. The van der Waals surface area contributed by atoms with E-state index in [0.717, 1.165) is 21.7 Å². The predicted octanol–water partition coefficient (Wildman–Crippen LogP) is 4.60. The van der Waals surface area contributed by atoms with Crippen LogP contribution < -0.4 is 5.32 Å². The van der Waals surface area contributed by atoms with Gasteiger partial charge < -0.3 is 10.4 Å². The van der Waals surface area contributed by atoms with Crippen molar-refractivity contribution >= 4 is 23.4 Å². The first-order valence-corrected chi connectivity index (χ1v) is 9.07. The minimum Gasteiger partial charge on any atom is -0.383 e. The van der Waals surface area contributed by atoms with Gasteiger partial charge in [0.25, 0.3) is 5.91 Å². The van der Waals surface area contributed by atoms with Crippen LogP contribution in [0.5, 0.6) is 0 Å².